The molecule has 0 fully saturated rings. The topological polar surface area (TPSA) is 32.3 Å². The van der Waals surface area contributed by atoms with Crippen molar-refractivity contribution in [2.75, 3.05) is 13.1 Å². The Kier molecular flexibility index (Phi) is 6.04. The first kappa shape index (κ1) is 15.5. The predicted molar refractivity (Wildman–Crippen MR) is 86.4 cm³/mol. The Morgan fingerprint density at radius 1 is 1.35 bits per heavy atom. The largest absolute Gasteiger partial charge is 0.350 e. The molecule has 0 atom stereocenters. The molecular weight excluding hydrogens is 312 g/mol. The number of likely N-dealkylation sites (N-methyl/N-ethyl adjacent to an activating group) is 1. The van der Waals surface area contributed by atoms with Crippen molar-refractivity contribution in [2.45, 2.75) is 20.0 Å². The van der Waals surface area contributed by atoms with E-state index in [1.807, 2.05) is 29.6 Å². The summed E-state index contributed by atoms with van der Waals surface area (Å²) in [6.45, 7) is 4.68. The standard InChI is InChI=1S/C14H17ClN2OS2/c1-2-17(9-12-5-6-13(15)20-12)10-14(18)16-8-11-4-3-7-19-11/h3-7H,2,8-10H2,1H3,(H,16,18). The molecule has 0 bridgehead atoms. The number of carbonyl (C=O) groups excluding carboxylic acids is 1. The first-order valence-corrected chi connectivity index (χ1v) is 8.50. The van der Waals surface area contributed by atoms with Crippen LogP contribution < -0.4 is 5.32 Å². The lowest BCUT2D eigenvalue weighted by Crippen LogP contribution is -2.36. The highest BCUT2D eigenvalue weighted by Crippen LogP contribution is 2.22. The minimum absolute atomic E-state index is 0.0582. The minimum Gasteiger partial charge on any atom is -0.350 e. The third kappa shape index (κ3) is 4.90. The first-order valence-electron chi connectivity index (χ1n) is 6.43. The second-order valence-electron chi connectivity index (χ2n) is 4.37. The number of amides is 1. The fraction of sp³-hybridized carbons (Fsp3) is 0.357. The van der Waals surface area contributed by atoms with Crippen molar-refractivity contribution in [3.8, 4) is 0 Å². The quantitative estimate of drug-likeness (QED) is 0.842. The third-order valence-electron chi connectivity index (χ3n) is 2.86. The Hall–Kier alpha value is -0.880. The van der Waals surface area contributed by atoms with Gasteiger partial charge in [0.15, 0.2) is 0 Å². The predicted octanol–water partition coefficient (Wildman–Crippen LogP) is 3.60. The Morgan fingerprint density at radius 2 is 2.20 bits per heavy atom. The van der Waals surface area contributed by atoms with E-state index in [9.17, 15) is 4.79 Å². The highest BCUT2D eigenvalue weighted by molar-refractivity contribution is 7.16. The van der Waals surface area contributed by atoms with Crippen LogP contribution in [0.2, 0.25) is 4.34 Å². The molecule has 20 heavy (non-hydrogen) atoms. The monoisotopic (exact) mass is 328 g/mol. The van der Waals surface area contributed by atoms with Crippen LogP contribution in [0.25, 0.3) is 0 Å². The molecule has 2 heterocycles. The third-order valence-corrected chi connectivity index (χ3v) is 4.95. The summed E-state index contributed by atoms with van der Waals surface area (Å²) in [6.07, 6.45) is 0. The van der Waals surface area contributed by atoms with Gasteiger partial charge in [0.1, 0.15) is 0 Å². The van der Waals surface area contributed by atoms with Crippen LogP contribution in [-0.2, 0) is 17.9 Å². The molecule has 1 amide bonds. The van der Waals surface area contributed by atoms with Crippen LogP contribution in [0.15, 0.2) is 29.6 Å². The molecule has 108 valence electrons. The molecular formula is C14H17ClN2OS2. The second-order valence-corrected chi connectivity index (χ2v) is 7.20. The average Bonchev–Trinajstić information content (AvgIpc) is 3.07. The van der Waals surface area contributed by atoms with Gasteiger partial charge in [0.25, 0.3) is 0 Å². The van der Waals surface area contributed by atoms with Crippen molar-refractivity contribution in [1.82, 2.24) is 10.2 Å². The normalized spacial score (nSPS) is 10.9. The summed E-state index contributed by atoms with van der Waals surface area (Å²) in [5.41, 5.74) is 0. The molecule has 0 aromatic carbocycles. The number of hydrogen-bond donors (Lipinski definition) is 1. The van der Waals surface area contributed by atoms with Crippen LogP contribution in [0.3, 0.4) is 0 Å². The number of nitrogens with zero attached hydrogens (tertiary/aromatic N) is 1. The summed E-state index contributed by atoms with van der Waals surface area (Å²) in [4.78, 5) is 16.4. The number of carbonyl (C=O) groups is 1. The molecule has 1 N–H and O–H groups in total. The van der Waals surface area contributed by atoms with Gasteiger partial charge in [0.2, 0.25) is 5.91 Å². The van der Waals surface area contributed by atoms with Crippen molar-refractivity contribution in [2.24, 2.45) is 0 Å². The van der Waals surface area contributed by atoms with Crippen LogP contribution in [0.5, 0.6) is 0 Å². The Balaban J connectivity index is 1.78. The molecule has 2 aromatic rings. The van der Waals surface area contributed by atoms with Gasteiger partial charge in [-0.15, -0.1) is 22.7 Å². The van der Waals surface area contributed by atoms with Crippen LogP contribution in [0, 0.1) is 0 Å². The fourth-order valence-corrected chi connectivity index (χ4v) is 3.57. The zero-order valence-electron chi connectivity index (χ0n) is 11.3. The fourth-order valence-electron chi connectivity index (χ4n) is 1.79. The van der Waals surface area contributed by atoms with E-state index < -0.39 is 0 Å². The number of thiophene rings is 2. The summed E-state index contributed by atoms with van der Waals surface area (Å²) >= 11 is 9.14. The first-order chi connectivity index (χ1) is 9.67. The van der Waals surface area contributed by atoms with E-state index in [-0.39, 0.29) is 5.91 Å². The van der Waals surface area contributed by atoms with Gasteiger partial charge >= 0.3 is 0 Å². The van der Waals surface area contributed by atoms with Crippen molar-refractivity contribution in [1.29, 1.82) is 0 Å². The van der Waals surface area contributed by atoms with E-state index in [1.54, 1.807) is 22.7 Å². The van der Waals surface area contributed by atoms with Gasteiger partial charge in [0, 0.05) is 16.3 Å². The molecule has 0 spiro atoms. The molecule has 0 saturated heterocycles. The molecule has 2 rings (SSSR count). The summed E-state index contributed by atoms with van der Waals surface area (Å²) < 4.78 is 0.790. The average molecular weight is 329 g/mol. The van der Waals surface area contributed by atoms with E-state index in [2.05, 4.69) is 17.1 Å². The maximum Gasteiger partial charge on any atom is 0.234 e. The van der Waals surface area contributed by atoms with Gasteiger partial charge in [0.05, 0.1) is 17.4 Å². The van der Waals surface area contributed by atoms with Crippen molar-refractivity contribution >= 4 is 40.2 Å². The maximum absolute atomic E-state index is 11.9. The summed E-state index contributed by atoms with van der Waals surface area (Å²) in [7, 11) is 0. The van der Waals surface area contributed by atoms with Gasteiger partial charge < -0.3 is 5.32 Å². The van der Waals surface area contributed by atoms with Gasteiger partial charge in [-0.1, -0.05) is 24.6 Å². The van der Waals surface area contributed by atoms with Crippen LogP contribution >= 0.6 is 34.3 Å². The Morgan fingerprint density at radius 3 is 2.80 bits per heavy atom. The molecule has 0 aliphatic heterocycles. The lowest BCUT2D eigenvalue weighted by Gasteiger charge is -2.18. The van der Waals surface area contributed by atoms with Crippen molar-refractivity contribution in [3.05, 3.63) is 43.7 Å². The summed E-state index contributed by atoms with van der Waals surface area (Å²) in [5.74, 6) is 0.0582. The smallest absolute Gasteiger partial charge is 0.234 e. The van der Waals surface area contributed by atoms with E-state index in [0.29, 0.717) is 13.1 Å². The number of hydrogen-bond acceptors (Lipinski definition) is 4. The molecule has 0 aliphatic rings. The van der Waals surface area contributed by atoms with Gasteiger partial charge in [-0.05, 0) is 30.1 Å². The van der Waals surface area contributed by atoms with E-state index >= 15 is 0 Å². The highest BCUT2D eigenvalue weighted by atomic mass is 35.5. The zero-order valence-corrected chi connectivity index (χ0v) is 13.7. The van der Waals surface area contributed by atoms with Gasteiger partial charge in [-0.25, -0.2) is 0 Å². The SMILES string of the molecule is CCN(CC(=O)NCc1cccs1)Cc1ccc(Cl)s1. The minimum atomic E-state index is 0.0582. The van der Waals surface area contributed by atoms with Crippen LogP contribution in [0.1, 0.15) is 16.7 Å². The molecule has 0 aliphatic carbocycles. The van der Waals surface area contributed by atoms with Crippen molar-refractivity contribution in [3.63, 3.8) is 0 Å². The number of rotatable bonds is 7. The summed E-state index contributed by atoms with van der Waals surface area (Å²) in [6, 6.07) is 7.92. The highest BCUT2D eigenvalue weighted by Gasteiger charge is 2.10. The second kappa shape index (κ2) is 7.78. The molecule has 0 unspecified atom stereocenters. The number of nitrogens with one attached hydrogen (secondary N) is 1. The molecule has 2 aromatic heterocycles. The lowest BCUT2D eigenvalue weighted by molar-refractivity contribution is -0.122. The van der Waals surface area contributed by atoms with Gasteiger partial charge in [-0.3, -0.25) is 9.69 Å². The van der Waals surface area contributed by atoms with E-state index in [0.717, 1.165) is 17.4 Å². The maximum atomic E-state index is 11.9. The lowest BCUT2D eigenvalue weighted by atomic mass is 10.4. The molecule has 3 nitrogen and oxygen atoms in total. The Labute approximate surface area is 132 Å². The zero-order chi connectivity index (χ0) is 14.4. The Bertz CT molecular complexity index is 539. The molecule has 6 heteroatoms. The van der Waals surface area contributed by atoms with E-state index in [4.69, 9.17) is 11.6 Å². The molecule has 0 radical (unpaired) electrons. The van der Waals surface area contributed by atoms with Gasteiger partial charge in [-0.2, -0.15) is 0 Å². The summed E-state index contributed by atoms with van der Waals surface area (Å²) in [5, 5.41) is 4.96. The van der Waals surface area contributed by atoms with Crippen LogP contribution in [0.4, 0.5) is 0 Å². The van der Waals surface area contributed by atoms with Crippen LogP contribution in [-0.4, -0.2) is 23.9 Å². The molecule has 0 saturated carbocycles. The van der Waals surface area contributed by atoms with E-state index in [1.165, 1.54) is 9.75 Å². The van der Waals surface area contributed by atoms with Crippen molar-refractivity contribution < 1.29 is 4.79 Å². The number of halogens is 1.